The van der Waals surface area contributed by atoms with Gasteiger partial charge in [-0.3, -0.25) is 23.5 Å². The summed E-state index contributed by atoms with van der Waals surface area (Å²) in [6.07, 6.45) is -1.16. The largest absolute Gasteiger partial charge is 0.445 e. The normalized spacial score (nSPS) is 21.2. The number of aromatic nitrogens is 1. The number of fused-ring (bicyclic) bond motifs is 1. The van der Waals surface area contributed by atoms with Crippen molar-refractivity contribution in [2.75, 3.05) is 26.3 Å². The second-order valence-corrected chi connectivity index (χ2v) is 11.1. The summed E-state index contributed by atoms with van der Waals surface area (Å²) in [4.78, 5) is 71.5. The van der Waals surface area contributed by atoms with E-state index in [4.69, 9.17) is 24.8 Å². The highest BCUT2D eigenvalue weighted by atomic mass is 32.2. The zero-order valence-corrected chi connectivity index (χ0v) is 22.4. The zero-order chi connectivity index (χ0) is 28.2. The molecule has 1 fully saturated rings. The van der Waals surface area contributed by atoms with Crippen molar-refractivity contribution in [2.45, 2.75) is 32.2 Å². The summed E-state index contributed by atoms with van der Waals surface area (Å²) in [5, 5.41) is 6.49. The Kier molecular flexibility index (Phi) is 8.82. The average Bonchev–Trinajstić information content (AvgIpc) is 3.37. The molecule has 206 valence electrons. The van der Waals surface area contributed by atoms with Crippen LogP contribution in [0, 0.1) is 5.41 Å². The Morgan fingerprint density at radius 2 is 1.97 bits per heavy atom. The lowest BCUT2D eigenvalue weighted by molar-refractivity contribution is -0.173. The number of rotatable bonds is 9. The fourth-order valence-corrected chi connectivity index (χ4v) is 5.57. The molecular weight excluding hydrogens is 546 g/mol. The Bertz CT molecular complexity index is 1220. The molecule has 3 amide bonds. The SMILES string of the molecule is CO/N=C(\C(=O)NC1C(=O)N2C(C(=O)OCOC(=O)C(C)(C)C)=C(COC(N)=O)CS(=O)[C@H]12)c1cscn1. The van der Waals surface area contributed by atoms with Crippen LogP contribution in [0.25, 0.3) is 0 Å². The highest BCUT2D eigenvalue weighted by Gasteiger charge is 2.57. The van der Waals surface area contributed by atoms with Gasteiger partial charge in [-0.05, 0) is 20.8 Å². The predicted octanol–water partition coefficient (Wildman–Crippen LogP) is -0.652. The molecule has 3 N–H and O–H groups in total. The van der Waals surface area contributed by atoms with E-state index < -0.39 is 70.9 Å². The van der Waals surface area contributed by atoms with E-state index in [1.54, 1.807) is 26.2 Å². The van der Waals surface area contributed by atoms with Crippen molar-refractivity contribution in [1.29, 1.82) is 0 Å². The molecule has 2 aliphatic rings. The van der Waals surface area contributed by atoms with Crippen LogP contribution in [0.3, 0.4) is 0 Å². The number of nitrogens with two attached hydrogens (primary N) is 1. The molecule has 0 aromatic carbocycles. The first-order valence-electron chi connectivity index (χ1n) is 10.9. The van der Waals surface area contributed by atoms with Crippen LogP contribution in [0.4, 0.5) is 4.79 Å². The van der Waals surface area contributed by atoms with E-state index in [0.29, 0.717) is 0 Å². The van der Waals surface area contributed by atoms with Gasteiger partial charge in [-0.25, -0.2) is 14.6 Å². The van der Waals surface area contributed by atoms with E-state index in [1.165, 1.54) is 24.0 Å². The van der Waals surface area contributed by atoms with Gasteiger partial charge in [0, 0.05) is 11.0 Å². The lowest BCUT2D eigenvalue weighted by Crippen LogP contribution is -2.74. The summed E-state index contributed by atoms with van der Waals surface area (Å²) in [5.41, 5.74) is 5.23. The molecule has 3 heterocycles. The van der Waals surface area contributed by atoms with Crippen molar-refractivity contribution in [3.05, 3.63) is 27.9 Å². The summed E-state index contributed by atoms with van der Waals surface area (Å²) >= 11 is 1.20. The van der Waals surface area contributed by atoms with E-state index in [2.05, 4.69) is 15.5 Å². The van der Waals surface area contributed by atoms with Crippen molar-refractivity contribution in [3.8, 4) is 0 Å². The van der Waals surface area contributed by atoms with Crippen LogP contribution in [-0.4, -0.2) is 87.3 Å². The molecule has 1 aromatic heterocycles. The van der Waals surface area contributed by atoms with Gasteiger partial charge in [0.2, 0.25) is 6.79 Å². The molecule has 0 radical (unpaired) electrons. The van der Waals surface area contributed by atoms with Crippen molar-refractivity contribution in [2.24, 2.45) is 16.3 Å². The quantitative estimate of drug-likeness (QED) is 0.125. The van der Waals surface area contributed by atoms with Crippen LogP contribution in [0.15, 0.2) is 27.3 Å². The number of oxime groups is 1. The van der Waals surface area contributed by atoms with Crippen molar-refractivity contribution < 1.29 is 47.2 Å². The number of esters is 2. The predicted molar refractivity (Wildman–Crippen MR) is 130 cm³/mol. The van der Waals surface area contributed by atoms with Crippen molar-refractivity contribution in [3.63, 3.8) is 0 Å². The number of nitrogens with zero attached hydrogens (tertiary/aromatic N) is 3. The molecule has 0 bridgehead atoms. The molecule has 1 saturated heterocycles. The van der Waals surface area contributed by atoms with Crippen LogP contribution in [0.2, 0.25) is 0 Å². The molecule has 2 aliphatic heterocycles. The van der Waals surface area contributed by atoms with Gasteiger partial charge in [0.05, 0.1) is 27.5 Å². The third kappa shape index (κ3) is 6.16. The molecule has 17 heteroatoms. The third-order valence-corrected chi connectivity index (χ3v) is 7.38. The van der Waals surface area contributed by atoms with Crippen LogP contribution in [-0.2, 0) is 49.0 Å². The molecule has 0 aliphatic carbocycles. The molecule has 2 unspecified atom stereocenters. The number of hydrogen-bond acceptors (Lipinski definition) is 13. The number of amides is 3. The highest BCUT2D eigenvalue weighted by Crippen LogP contribution is 2.35. The molecule has 3 rings (SSSR count). The van der Waals surface area contributed by atoms with Gasteiger partial charge in [-0.1, -0.05) is 5.16 Å². The van der Waals surface area contributed by atoms with Gasteiger partial charge >= 0.3 is 18.0 Å². The summed E-state index contributed by atoms with van der Waals surface area (Å²) < 4.78 is 27.7. The maximum Gasteiger partial charge on any atom is 0.404 e. The van der Waals surface area contributed by atoms with Crippen LogP contribution >= 0.6 is 11.3 Å². The maximum absolute atomic E-state index is 13.1. The third-order valence-electron chi connectivity index (χ3n) is 5.14. The molecule has 38 heavy (non-hydrogen) atoms. The minimum Gasteiger partial charge on any atom is -0.445 e. The maximum atomic E-state index is 13.1. The van der Waals surface area contributed by atoms with Crippen molar-refractivity contribution in [1.82, 2.24) is 15.2 Å². The highest BCUT2D eigenvalue weighted by molar-refractivity contribution is 7.86. The summed E-state index contributed by atoms with van der Waals surface area (Å²) in [6, 6.07) is -1.29. The molecule has 3 atom stereocenters. The van der Waals surface area contributed by atoms with E-state index >= 15 is 0 Å². The second-order valence-electron chi connectivity index (χ2n) is 8.86. The zero-order valence-electron chi connectivity index (χ0n) is 20.7. The Balaban J connectivity index is 1.82. The Morgan fingerprint density at radius 3 is 2.55 bits per heavy atom. The number of primary amides is 1. The molecular formula is C21H25N5O10S2. The van der Waals surface area contributed by atoms with E-state index in [-0.39, 0.29) is 28.4 Å². The molecule has 0 spiro atoms. The first kappa shape index (κ1) is 28.7. The van der Waals surface area contributed by atoms with Crippen molar-refractivity contribution >= 4 is 57.7 Å². The minimum absolute atomic E-state index is 0.00670. The number of hydrogen-bond donors (Lipinski definition) is 2. The van der Waals surface area contributed by atoms with E-state index in [9.17, 15) is 28.2 Å². The first-order valence-corrected chi connectivity index (χ1v) is 13.2. The second kappa shape index (κ2) is 11.7. The van der Waals surface area contributed by atoms with Crippen LogP contribution in [0.1, 0.15) is 26.5 Å². The number of carbonyl (C=O) groups excluding carboxylic acids is 5. The molecule has 15 nitrogen and oxygen atoms in total. The molecule has 1 aromatic rings. The van der Waals surface area contributed by atoms with Gasteiger partial charge in [-0.2, -0.15) is 0 Å². The van der Waals surface area contributed by atoms with E-state index in [0.717, 1.165) is 4.90 Å². The van der Waals surface area contributed by atoms with E-state index in [1.807, 2.05) is 0 Å². The van der Waals surface area contributed by atoms with Crippen LogP contribution in [0.5, 0.6) is 0 Å². The standard InChI is InChI=1S/C21H25N5O10S2/c1-21(2,3)19(30)36-9-35-18(29)14-10(5-34-20(22)31)7-38(32)17-13(16(28)26(14)17)24-15(27)12(25-33-4)11-6-37-8-23-11/h6,8,13,17H,5,7,9H2,1-4H3,(H2,22,31)(H,24,27)/b25-12-/t13?,17-,38?/m1/s1. The Labute approximate surface area is 222 Å². The number of nitrogens with one attached hydrogen (secondary N) is 1. The van der Waals surface area contributed by atoms with Gasteiger partial charge in [0.25, 0.3) is 11.8 Å². The smallest absolute Gasteiger partial charge is 0.404 e. The van der Waals surface area contributed by atoms with Crippen LogP contribution < -0.4 is 11.1 Å². The lowest BCUT2D eigenvalue weighted by Gasteiger charge is -2.49. The number of thiazole rings is 1. The fraction of sp³-hybridized carbons (Fsp3) is 0.476. The fourth-order valence-electron chi connectivity index (χ4n) is 3.37. The summed E-state index contributed by atoms with van der Waals surface area (Å²) in [6.45, 7) is 3.50. The number of β-lactam (4-membered cyclic amide) rings is 1. The Hall–Kier alpha value is -3.86. The minimum atomic E-state index is -1.83. The number of ether oxygens (including phenoxy) is 3. The number of carbonyl (C=O) groups is 5. The van der Waals surface area contributed by atoms with Gasteiger partial charge in [-0.15, -0.1) is 11.3 Å². The Morgan fingerprint density at radius 1 is 1.26 bits per heavy atom. The average molecular weight is 572 g/mol. The topological polar surface area (TPSA) is 206 Å². The molecule has 0 saturated carbocycles. The van der Waals surface area contributed by atoms with Gasteiger partial charge in [0.1, 0.15) is 36.5 Å². The lowest BCUT2D eigenvalue weighted by atomic mass is 9.98. The van der Waals surface area contributed by atoms with Gasteiger partial charge in [0.15, 0.2) is 5.71 Å². The first-order chi connectivity index (χ1) is 17.9. The summed E-state index contributed by atoms with van der Waals surface area (Å²) in [5.74, 6) is -3.65. The monoisotopic (exact) mass is 571 g/mol. The summed E-state index contributed by atoms with van der Waals surface area (Å²) in [7, 11) is -0.608. The van der Waals surface area contributed by atoms with Gasteiger partial charge < -0.3 is 30.1 Å².